The molecule has 0 saturated heterocycles. The molecule has 0 nitrogen and oxygen atoms in total. The SMILES string of the molecule is C[C@@H]1CCCC=C(CCC(F)F)C1. The minimum atomic E-state index is -2.14. The maximum atomic E-state index is 12.0. The molecule has 0 aromatic heterocycles. The van der Waals surface area contributed by atoms with Gasteiger partial charge < -0.3 is 0 Å². The van der Waals surface area contributed by atoms with Crippen LogP contribution in [0.25, 0.3) is 0 Å². The first-order chi connectivity index (χ1) is 6.18. The zero-order chi connectivity index (χ0) is 9.68. The molecule has 0 aromatic rings. The lowest BCUT2D eigenvalue weighted by Crippen LogP contribution is -1.97. The Morgan fingerprint density at radius 3 is 3.00 bits per heavy atom. The van der Waals surface area contributed by atoms with Crippen LogP contribution in [0.15, 0.2) is 11.6 Å². The summed E-state index contributed by atoms with van der Waals surface area (Å²) in [5.74, 6) is 0.687. The fraction of sp³-hybridized carbons (Fsp3) is 0.818. The average molecular weight is 188 g/mol. The van der Waals surface area contributed by atoms with Gasteiger partial charge in [-0.05, 0) is 31.6 Å². The molecular formula is C11H18F2. The highest BCUT2D eigenvalue weighted by molar-refractivity contribution is 5.04. The smallest absolute Gasteiger partial charge is 0.211 e. The van der Waals surface area contributed by atoms with Crippen molar-refractivity contribution >= 4 is 0 Å². The highest BCUT2D eigenvalue weighted by Crippen LogP contribution is 2.26. The van der Waals surface area contributed by atoms with E-state index in [0.717, 1.165) is 12.8 Å². The van der Waals surface area contributed by atoms with Crippen LogP contribution in [0.3, 0.4) is 0 Å². The van der Waals surface area contributed by atoms with E-state index in [-0.39, 0.29) is 6.42 Å². The molecular weight excluding hydrogens is 170 g/mol. The number of alkyl halides is 2. The van der Waals surface area contributed by atoms with Crippen molar-refractivity contribution in [1.29, 1.82) is 0 Å². The number of hydrogen-bond donors (Lipinski definition) is 0. The van der Waals surface area contributed by atoms with Gasteiger partial charge in [0.2, 0.25) is 6.43 Å². The molecule has 76 valence electrons. The van der Waals surface area contributed by atoms with Crippen molar-refractivity contribution < 1.29 is 8.78 Å². The molecule has 1 atom stereocenters. The van der Waals surface area contributed by atoms with Gasteiger partial charge in [-0.3, -0.25) is 0 Å². The van der Waals surface area contributed by atoms with Crippen LogP contribution >= 0.6 is 0 Å². The van der Waals surface area contributed by atoms with E-state index in [9.17, 15) is 8.78 Å². The first-order valence-corrected chi connectivity index (χ1v) is 5.14. The molecule has 0 aromatic carbocycles. The van der Waals surface area contributed by atoms with Crippen LogP contribution in [0.4, 0.5) is 8.78 Å². The molecule has 1 rings (SSSR count). The van der Waals surface area contributed by atoms with Gasteiger partial charge in [0.15, 0.2) is 0 Å². The highest BCUT2D eigenvalue weighted by atomic mass is 19.3. The summed E-state index contributed by atoms with van der Waals surface area (Å²) >= 11 is 0. The molecule has 1 aliphatic rings. The van der Waals surface area contributed by atoms with E-state index in [2.05, 4.69) is 13.0 Å². The Morgan fingerprint density at radius 1 is 1.54 bits per heavy atom. The third-order valence-corrected chi connectivity index (χ3v) is 2.63. The van der Waals surface area contributed by atoms with E-state index >= 15 is 0 Å². The van der Waals surface area contributed by atoms with Gasteiger partial charge in [-0.25, -0.2) is 8.78 Å². The van der Waals surface area contributed by atoms with Crippen molar-refractivity contribution in [3.63, 3.8) is 0 Å². The second-order valence-corrected chi connectivity index (χ2v) is 4.03. The molecule has 0 saturated carbocycles. The second-order valence-electron chi connectivity index (χ2n) is 4.03. The van der Waals surface area contributed by atoms with Crippen molar-refractivity contribution in [1.82, 2.24) is 0 Å². The maximum absolute atomic E-state index is 12.0. The van der Waals surface area contributed by atoms with Crippen molar-refractivity contribution in [3.05, 3.63) is 11.6 Å². The van der Waals surface area contributed by atoms with Crippen LogP contribution < -0.4 is 0 Å². The predicted octanol–water partition coefficient (Wildman–Crippen LogP) is 4.17. The summed E-state index contributed by atoms with van der Waals surface area (Å²) in [5, 5.41) is 0. The lowest BCUT2D eigenvalue weighted by molar-refractivity contribution is 0.137. The standard InChI is InChI=1S/C11H18F2/c1-9-4-2-3-5-10(8-9)6-7-11(12)13/h5,9,11H,2-4,6-8H2,1H3/t9-/m1/s1. The molecule has 13 heavy (non-hydrogen) atoms. The molecule has 1 aliphatic carbocycles. The summed E-state index contributed by atoms with van der Waals surface area (Å²) in [6, 6.07) is 0. The molecule has 0 unspecified atom stereocenters. The van der Waals surface area contributed by atoms with E-state index in [1.165, 1.54) is 18.4 Å². The van der Waals surface area contributed by atoms with Gasteiger partial charge in [0.05, 0.1) is 0 Å². The van der Waals surface area contributed by atoms with Crippen molar-refractivity contribution in [2.45, 2.75) is 51.9 Å². The normalized spacial score (nSPS) is 24.3. The Morgan fingerprint density at radius 2 is 2.31 bits per heavy atom. The van der Waals surface area contributed by atoms with Crippen LogP contribution in [0.2, 0.25) is 0 Å². The van der Waals surface area contributed by atoms with Gasteiger partial charge in [0.25, 0.3) is 0 Å². The Hall–Kier alpha value is -0.400. The third kappa shape index (κ3) is 4.39. The van der Waals surface area contributed by atoms with Crippen molar-refractivity contribution in [2.75, 3.05) is 0 Å². The van der Waals surface area contributed by atoms with Crippen molar-refractivity contribution in [3.8, 4) is 0 Å². The van der Waals surface area contributed by atoms with Crippen LogP contribution in [-0.2, 0) is 0 Å². The number of allylic oxidation sites excluding steroid dienone is 2. The molecule has 2 heteroatoms. The Kier molecular flexibility index (Phi) is 4.40. The number of hydrogen-bond acceptors (Lipinski definition) is 0. The van der Waals surface area contributed by atoms with E-state index in [1.807, 2.05) is 0 Å². The van der Waals surface area contributed by atoms with Gasteiger partial charge in [-0.15, -0.1) is 0 Å². The monoisotopic (exact) mass is 188 g/mol. The van der Waals surface area contributed by atoms with Crippen molar-refractivity contribution in [2.24, 2.45) is 5.92 Å². The van der Waals surface area contributed by atoms with Gasteiger partial charge in [-0.1, -0.05) is 25.0 Å². The Bertz CT molecular complexity index is 173. The summed E-state index contributed by atoms with van der Waals surface area (Å²) in [6.07, 6.45) is 5.26. The van der Waals surface area contributed by atoms with Gasteiger partial charge in [0.1, 0.15) is 0 Å². The Labute approximate surface area is 79.0 Å². The fourth-order valence-corrected chi connectivity index (χ4v) is 1.90. The van der Waals surface area contributed by atoms with E-state index < -0.39 is 6.43 Å². The largest absolute Gasteiger partial charge is 0.238 e. The van der Waals surface area contributed by atoms with E-state index in [1.54, 1.807) is 0 Å². The summed E-state index contributed by atoms with van der Waals surface area (Å²) in [4.78, 5) is 0. The van der Waals surface area contributed by atoms with Gasteiger partial charge >= 0.3 is 0 Å². The average Bonchev–Trinajstić information content (AvgIpc) is 2.26. The first kappa shape index (κ1) is 10.7. The molecule has 0 bridgehead atoms. The summed E-state index contributed by atoms with van der Waals surface area (Å²) in [7, 11) is 0. The Balaban J connectivity index is 2.33. The van der Waals surface area contributed by atoms with Gasteiger partial charge in [-0.2, -0.15) is 0 Å². The third-order valence-electron chi connectivity index (χ3n) is 2.63. The minimum Gasteiger partial charge on any atom is -0.211 e. The second kappa shape index (κ2) is 5.36. The molecule has 0 fully saturated rings. The van der Waals surface area contributed by atoms with Gasteiger partial charge in [0, 0.05) is 6.42 Å². The van der Waals surface area contributed by atoms with Crippen LogP contribution in [-0.4, -0.2) is 6.43 Å². The topological polar surface area (TPSA) is 0 Å². The summed E-state index contributed by atoms with van der Waals surface area (Å²) < 4.78 is 23.9. The quantitative estimate of drug-likeness (QED) is 0.583. The molecule has 0 heterocycles. The summed E-state index contributed by atoms with van der Waals surface area (Å²) in [6.45, 7) is 2.21. The minimum absolute atomic E-state index is 0.0402. The van der Waals surface area contributed by atoms with Crippen LogP contribution in [0.1, 0.15) is 45.4 Å². The lowest BCUT2D eigenvalue weighted by atomic mass is 9.97. The zero-order valence-electron chi connectivity index (χ0n) is 8.23. The first-order valence-electron chi connectivity index (χ1n) is 5.14. The molecule has 0 spiro atoms. The molecule has 0 aliphatic heterocycles. The zero-order valence-corrected chi connectivity index (χ0v) is 8.23. The van der Waals surface area contributed by atoms with E-state index in [4.69, 9.17) is 0 Å². The predicted molar refractivity (Wildman–Crippen MR) is 51.0 cm³/mol. The fourth-order valence-electron chi connectivity index (χ4n) is 1.90. The number of rotatable bonds is 3. The number of halogens is 2. The lowest BCUT2D eigenvalue weighted by Gasteiger charge is -2.10. The highest BCUT2D eigenvalue weighted by Gasteiger charge is 2.11. The van der Waals surface area contributed by atoms with E-state index in [0.29, 0.717) is 12.3 Å². The van der Waals surface area contributed by atoms with Crippen LogP contribution in [0, 0.1) is 5.92 Å². The molecule has 0 N–H and O–H groups in total. The molecule has 0 radical (unpaired) electrons. The van der Waals surface area contributed by atoms with Crippen LogP contribution in [0.5, 0.6) is 0 Å². The summed E-state index contributed by atoms with van der Waals surface area (Å²) in [5.41, 5.74) is 1.25. The molecule has 0 amide bonds. The maximum Gasteiger partial charge on any atom is 0.238 e.